The van der Waals surface area contributed by atoms with Crippen LogP contribution in [0.1, 0.15) is 0 Å². The zero-order valence-corrected chi connectivity index (χ0v) is 30.3. The Hall–Kier alpha value is -7.63. The Morgan fingerprint density at radius 3 is 1.25 bits per heavy atom. The highest BCUT2D eigenvalue weighted by molar-refractivity contribution is 6.11. The zero-order valence-electron chi connectivity index (χ0n) is 30.3. The fourth-order valence-electron chi connectivity index (χ4n) is 8.31. The van der Waals surface area contributed by atoms with Gasteiger partial charge >= 0.3 is 0 Å². The molecule has 11 aromatic rings. The average Bonchev–Trinajstić information content (AvgIpc) is 3.79. The summed E-state index contributed by atoms with van der Waals surface area (Å²) in [4.78, 5) is 16.3. The molecule has 262 valence electrons. The second-order valence-electron chi connectivity index (χ2n) is 14.0. The zero-order chi connectivity index (χ0) is 37.0. The summed E-state index contributed by atoms with van der Waals surface area (Å²) in [6.07, 6.45) is 0. The maximum absolute atomic E-state index is 5.43. The topological polar surface area (TPSA) is 48.5 Å². The molecule has 0 aliphatic heterocycles. The molecule has 0 saturated carbocycles. The molecule has 0 atom stereocenters. The molecular weight excluding hydrogens is 683 g/mol. The minimum atomic E-state index is 0.550. The summed E-state index contributed by atoms with van der Waals surface area (Å²) in [5.41, 5.74) is 11.8. The van der Waals surface area contributed by atoms with Crippen LogP contribution in [0.4, 0.5) is 0 Å². The molecular formula is C51H33N5. The molecule has 3 heterocycles. The normalized spacial score (nSPS) is 11.6. The molecule has 0 spiro atoms. The number of hydrogen-bond donors (Lipinski definition) is 0. The molecule has 0 bridgehead atoms. The van der Waals surface area contributed by atoms with Crippen LogP contribution in [0.2, 0.25) is 0 Å². The lowest BCUT2D eigenvalue weighted by Gasteiger charge is -2.16. The van der Waals surface area contributed by atoms with Crippen molar-refractivity contribution in [1.82, 2.24) is 24.1 Å². The van der Waals surface area contributed by atoms with E-state index in [2.05, 4.69) is 209 Å². The van der Waals surface area contributed by atoms with Gasteiger partial charge in [0.25, 0.3) is 0 Å². The van der Waals surface area contributed by atoms with Crippen molar-refractivity contribution in [1.29, 1.82) is 0 Å². The number of fused-ring (bicyclic) bond motifs is 6. The van der Waals surface area contributed by atoms with Crippen LogP contribution in [-0.2, 0) is 0 Å². The first kappa shape index (κ1) is 31.9. The van der Waals surface area contributed by atoms with E-state index in [4.69, 9.17) is 15.0 Å². The van der Waals surface area contributed by atoms with Gasteiger partial charge in [0.05, 0.1) is 22.1 Å². The van der Waals surface area contributed by atoms with Crippen LogP contribution in [0, 0.1) is 0 Å². The molecule has 3 aromatic heterocycles. The van der Waals surface area contributed by atoms with Gasteiger partial charge in [-0.3, -0.25) is 9.13 Å². The Morgan fingerprint density at radius 1 is 0.268 bits per heavy atom. The van der Waals surface area contributed by atoms with Crippen molar-refractivity contribution in [3.05, 3.63) is 200 Å². The van der Waals surface area contributed by atoms with Crippen molar-refractivity contribution in [3.63, 3.8) is 0 Å². The second kappa shape index (κ2) is 13.0. The van der Waals surface area contributed by atoms with E-state index in [1.165, 1.54) is 0 Å². The summed E-state index contributed by atoms with van der Waals surface area (Å²) >= 11 is 0. The van der Waals surface area contributed by atoms with Gasteiger partial charge in [-0.05, 0) is 57.6 Å². The minimum Gasteiger partial charge on any atom is -0.278 e. The summed E-state index contributed by atoms with van der Waals surface area (Å²) in [5, 5.41) is 4.57. The molecule has 0 N–H and O–H groups in total. The summed E-state index contributed by atoms with van der Waals surface area (Å²) < 4.78 is 4.39. The third-order valence-corrected chi connectivity index (χ3v) is 10.8. The van der Waals surface area contributed by atoms with Crippen LogP contribution >= 0.6 is 0 Å². The first-order valence-electron chi connectivity index (χ1n) is 18.9. The predicted molar refractivity (Wildman–Crippen MR) is 230 cm³/mol. The lowest BCUT2D eigenvalue weighted by atomic mass is 9.91. The lowest BCUT2D eigenvalue weighted by Crippen LogP contribution is -2.10. The van der Waals surface area contributed by atoms with E-state index in [0.717, 1.165) is 82.6 Å². The van der Waals surface area contributed by atoms with E-state index in [9.17, 15) is 0 Å². The molecule has 0 aliphatic carbocycles. The highest BCUT2D eigenvalue weighted by Crippen LogP contribution is 2.39. The Kier molecular flexibility index (Phi) is 7.42. The van der Waals surface area contributed by atoms with Crippen molar-refractivity contribution in [2.45, 2.75) is 0 Å². The predicted octanol–water partition coefficient (Wildman–Crippen LogP) is 12.7. The Bertz CT molecular complexity index is 3200. The quantitative estimate of drug-likeness (QED) is 0.172. The van der Waals surface area contributed by atoms with Gasteiger partial charge in [0, 0.05) is 27.1 Å². The maximum atomic E-state index is 5.43. The van der Waals surface area contributed by atoms with Gasteiger partial charge in [-0.25, -0.2) is 0 Å². The highest BCUT2D eigenvalue weighted by atomic mass is 15.3. The molecule has 0 aliphatic rings. The van der Waals surface area contributed by atoms with Crippen LogP contribution in [0.3, 0.4) is 0 Å². The van der Waals surface area contributed by atoms with Crippen LogP contribution < -0.4 is 0 Å². The fourth-order valence-corrected chi connectivity index (χ4v) is 8.31. The first-order valence-corrected chi connectivity index (χ1v) is 18.9. The highest BCUT2D eigenvalue weighted by Gasteiger charge is 2.22. The van der Waals surface area contributed by atoms with Crippen molar-refractivity contribution >= 4 is 43.6 Å². The van der Waals surface area contributed by atoms with Crippen LogP contribution in [0.25, 0.3) is 100 Å². The molecule has 0 fully saturated rings. The summed E-state index contributed by atoms with van der Waals surface area (Å²) in [5.74, 6) is 1.70. The lowest BCUT2D eigenvalue weighted by molar-refractivity contribution is 0.893. The van der Waals surface area contributed by atoms with E-state index in [0.29, 0.717) is 17.7 Å². The van der Waals surface area contributed by atoms with Crippen LogP contribution in [0.5, 0.6) is 0 Å². The number of aromatic nitrogens is 5. The summed E-state index contributed by atoms with van der Waals surface area (Å²) in [6, 6.07) is 70.3. The third kappa shape index (κ3) is 5.13. The van der Waals surface area contributed by atoms with Gasteiger partial charge in [0.15, 0.2) is 5.82 Å². The number of rotatable bonds is 6. The molecule has 5 nitrogen and oxygen atoms in total. The molecule has 11 rings (SSSR count). The van der Waals surface area contributed by atoms with E-state index < -0.39 is 0 Å². The molecule has 0 saturated heterocycles. The number of hydrogen-bond acceptors (Lipinski definition) is 3. The van der Waals surface area contributed by atoms with E-state index >= 15 is 0 Å². The van der Waals surface area contributed by atoms with E-state index in [-0.39, 0.29) is 0 Å². The third-order valence-electron chi connectivity index (χ3n) is 10.8. The Labute approximate surface area is 323 Å². The van der Waals surface area contributed by atoms with Crippen molar-refractivity contribution < 1.29 is 0 Å². The van der Waals surface area contributed by atoms with Gasteiger partial charge in [-0.15, -0.1) is 0 Å². The molecule has 56 heavy (non-hydrogen) atoms. The second-order valence-corrected chi connectivity index (χ2v) is 14.0. The first-order chi connectivity index (χ1) is 27.8. The average molecular weight is 716 g/mol. The fraction of sp³-hybridized carbons (Fsp3) is 0. The van der Waals surface area contributed by atoms with Gasteiger partial charge in [0.2, 0.25) is 11.9 Å². The Balaban J connectivity index is 1.23. The standard InChI is InChI=1S/C51H33N5/c1-3-17-34(18-4-1)36-31-32-43-42-26-13-16-30-47(42)56(48(43)33-36)51-53-49(52-50(54-51)55-45-28-14-11-24-40(45)41-25-12-15-29-46(41)55)44-27-10-9-23-39(44)38-22-8-7-21-37(38)35-19-5-2-6-20-35/h1-33H. The van der Waals surface area contributed by atoms with Crippen molar-refractivity contribution in [2.24, 2.45) is 0 Å². The Morgan fingerprint density at radius 2 is 0.679 bits per heavy atom. The van der Waals surface area contributed by atoms with E-state index in [1.807, 2.05) is 0 Å². The number of benzene rings is 8. The van der Waals surface area contributed by atoms with Gasteiger partial charge in [0.1, 0.15) is 0 Å². The maximum Gasteiger partial charge on any atom is 0.240 e. The molecule has 0 unspecified atom stereocenters. The van der Waals surface area contributed by atoms with Crippen LogP contribution in [-0.4, -0.2) is 24.1 Å². The molecule has 5 heteroatoms. The van der Waals surface area contributed by atoms with Gasteiger partial charge in [-0.1, -0.05) is 176 Å². The molecule has 0 amide bonds. The monoisotopic (exact) mass is 715 g/mol. The number of nitrogens with zero attached hydrogens (tertiary/aromatic N) is 5. The molecule has 8 aromatic carbocycles. The summed E-state index contributed by atoms with van der Waals surface area (Å²) in [7, 11) is 0. The minimum absolute atomic E-state index is 0.550. The van der Waals surface area contributed by atoms with E-state index in [1.54, 1.807) is 0 Å². The summed E-state index contributed by atoms with van der Waals surface area (Å²) in [6.45, 7) is 0. The molecule has 0 radical (unpaired) electrons. The smallest absolute Gasteiger partial charge is 0.240 e. The van der Waals surface area contributed by atoms with Crippen molar-refractivity contribution in [3.8, 4) is 56.7 Å². The van der Waals surface area contributed by atoms with Crippen LogP contribution in [0.15, 0.2) is 200 Å². The number of para-hydroxylation sites is 3. The SMILES string of the molecule is c1ccc(-c2ccc3c4ccccc4n(-c4nc(-c5ccccc5-c5ccccc5-c5ccccc5)nc(-n5c6ccccc6c6ccccc65)n4)c3c2)cc1. The van der Waals surface area contributed by atoms with Gasteiger partial charge in [-0.2, -0.15) is 15.0 Å². The van der Waals surface area contributed by atoms with Gasteiger partial charge < -0.3 is 0 Å². The van der Waals surface area contributed by atoms with Crippen molar-refractivity contribution in [2.75, 3.05) is 0 Å². The largest absolute Gasteiger partial charge is 0.278 e.